The molecule has 0 fully saturated rings. The van der Waals surface area contributed by atoms with Crippen molar-refractivity contribution in [1.82, 2.24) is 0 Å². The molecule has 0 radical (unpaired) electrons. The van der Waals surface area contributed by atoms with Crippen LogP contribution >= 0.6 is 27.5 Å². The van der Waals surface area contributed by atoms with Crippen molar-refractivity contribution < 1.29 is 19.1 Å². The van der Waals surface area contributed by atoms with E-state index in [-0.39, 0.29) is 12.5 Å². The van der Waals surface area contributed by atoms with E-state index in [1.165, 1.54) is 0 Å². The number of amides is 1. The summed E-state index contributed by atoms with van der Waals surface area (Å²) in [6.45, 7) is 1.85. The average molecular weight is 413 g/mol. The molecular formula is C17H15BrClNO4. The number of halogens is 2. The summed E-state index contributed by atoms with van der Waals surface area (Å²) in [5, 5.41) is 3.23. The molecule has 0 unspecified atom stereocenters. The van der Waals surface area contributed by atoms with E-state index in [1.54, 1.807) is 49.4 Å². The summed E-state index contributed by atoms with van der Waals surface area (Å²) in [6, 6.07) is 11.5. The Labute approximate surface area is 153 Å². The van der Waals surface area contributed by atoms with Crippen molar-refractivity contribution in [3.8, 4) is 5.75 Å². The van der Waals surface area contributed by atoms with Crippen LogP contribution in [0.4, 0.5) is 5.69 Å². The molecule has 0 spiro atoms. The van der Waals surface area contributed by atoms with Crippen LogP contribution in [0.5, 0.6) is 5.75 Å². The largest absolute Gasteiger partial charge is 0.483 e. The minimum absolute atomic E-state index is 0.177. The molecule has 7 heteroatoms. The second-order valence-electron chi connectivity index (χ2n) is 4.71. The highest BCUT2D eigenvalue weighted by Crippen LogP contribution is 2.27. The van der Waals surface area contributed by atoms with Gasteiger partial charge in [0, 0.05) is 10.7 Å². The Kier molecular flexibility index (Phi) is 6.63. The third-order valence-corrected chi connectivity index (χ3v) is 3.76. The normalized spacial score (nSPS) is 10.1. The fourth-order valence-electron chi connectivity index (χ4n) is 1.87. The molecule has 5 nitrogen and oxygen atoms in total. The standard InChI is InChI=1S/C17H15BrClNO4/c1-2-23-17(22)11-4-3-5-13(8-11)20-16(21)10-24-15-7-6-12(19)9-14(15)18/h3-9H,2,10H2,1H3,(H,20,21). The first-order valence-electron chi connectivity index (χ1n) is 7.14. The maximum absolute atomic E-state index is 12.0. The second kappa shape index (κ2) is 8.70. The van der Waals surface area contributed by atoms with Crippen LogP contribution in [0.2, 0.25) is 5.02 Å². The van der Waals surface area contributed by atoms with Crippen molar-refractivity contribution in [1.29, 1.82) is 0 Å². The van der Waals surface area contributed by atoms with Crippen molar-refractivity contribution >= 4 is 45.1 Å². The quantitative estimate of drug-likeness (QED) is 0.719. The zero-order chi connectivity index (χ0) is 17.5. The maximum Gasteiger partial charge on any atom is 0.338 e. The highest BCUT2D eigenvalue weighted by Gasteiger charge is 2.10. The van der Waals surface area contributed by atoms with Gasteiger partial charge in [-0.1, -0.05) is 17.7 Å². The van der Waals surface area contributed by atoms with Crippen LogP contribution in [0, 0.1) is 0 Å². The van der Waals surface area contributed by atoms with E-state index in [0.717, 1.165) is 0 Å². The number of hydrogen-bond donors (Lipinski definition) is 1. The van der Waals surface area contributed by atoms with E-state index in [2.05, 4.69) is 21.2 Å². The summed E-state index contributed by atoms with van der Waals surface area (Å²) in [7, 11) is 0. The molecule has 0 aliphatic rings. The van der Waals surface area contributed by atoms with Crippen LogP contribution in [0.25, 0.3) is 0 Å². The van der Waals surface area contributed by atoms with E-state index in [9.17, 15) is 9.59 Å². The Morgan fingerprint density at radius 1 is 1.21 bits per heavy atom. The summed E-state index contributed by atoms with van der Waals surface area (Å²) in [5.41, 5.74) is 0.861. The Morgan fingerprint density at radius 2 is 2.00 bits per heavy atom. The van der Waals surface area contributed by atoms with Gasteiger partial charge in [0.15, 0.2) is 6.61 Å². The van der Waals surface area contributed by atoms with Crippen LogP contribution in [0.1, 0.15) is 17.3 Å². The van der Waals surface area contributed by atoms with Gasteiger partial charge >= 0.3 is 5.97 Å². The number of rotatable bonds is 6. The molecule has 1 N–H and O–H groups in total. The molecule has 0 aliphatic carbocycles. The minimum Gasteiger partial charge on any atom is -0.483 e. The van der Waals surface area contributed by atoms with Crippen molar-refractivity contribution in [2.45, 2.75) is 6.92 Å². The van der Waals surface area contributed by atoms with Crippen molar-refractivity contribution in [3.05, 3.63) is 57.5 Å². The second-order valence-corrected chi connectivity index (χ2v) is 6.00. The molecule has 0 saturated heterocycles. The number of benzene rings is 2. The molecule has 2 aromatic rings. The van der Waals surface area contributed by atoms with Crippen LogP contribution in [0.3, 0.4) is 0 Å². The predicted octanol–water partition coefficient (Wildman–Crippen LogP) is 4.30. The van der Waals surface area contributed by atoms with E-state index in [0.29, 0.717) is 33.1 Å². The molecular weight excluding hydrogens is 398 g/mol. The highest BCUT2D eigenvalue weighted by molar-refractivity contribution is 9.10. The molecule has 24 heavy (non-hydrogen) atoms. The van der Waals surface area contributed by atoms with Gasteiger partial charge in [0.05, 0.1) is 16.6 Å². The summed E-state index contributed by atoms with van der Waals surface area (Å²) >= 11 is 9.16. The topological polar surface area (TPSA) is 64.6 Å². The zero-order valence-corrected chi connectivity index (χ0v) is 15.2. The maximum atomic E-state index is 12.0. The smallest absolute Gasteiger partial charge is 0.338 e. The number of esters is 1. The summed E-state index contributed by atoms with van der Waals surface area (Å²) < 4.78 is 11.0. The van der Waals surface area contributed by atoms with Crippen LogP contribution in [0.15, 0.2) is 46.9 Å². The van der Waals surface area contributed by atoms with E-state index >= 15 is 0 Å². The third-order valence-electron chi connectivity index (χ3n) is 2.91. The molecule has 0 bridgehead atoms. The highest BCUT2D eigenvalue weighted by atomic mass is 79.9. The van der Waals surface area contributed by atoms with Crippen LogP contribution in [-0.4, -0.2) is 25.1 Å². The predicted molar refractivity (Wildman–Crippen MR) is 95.7 cm³/mol. The lowest BCUT2D eigenvalue weighted by atomic mass is 10.2. The van der Waals surface area contributed by atoms with Crippen molar-refractivity contribution in [2.24, 2.45) is 0 Å². The van der Waals surface area contributed by atoms with Gasteiger partial charge in [0.1, 0.15) is 5.75 Å². The Bertz CT molecular complexity index is 751. The first-order valence-corrected chi connectivity index (χ1v) is 8.31. The van der Waals surface area contributed by atoms with E-state index in [1.807, 2.05) is 0 Å². The fraction of sp³-hybridized carbons (Fsp3) is 0.176. The molecule has 0 heterocycles. The lowest BCUT2D eigenvalue weighted by molar-refractivity contribution is -0.118. The van der Waals surface area contributed by atoms with Gasteiger partial charge in [0.2, 0.25) is 0 Å². The number of anilines is 1. The number of carbonyl (C=O) groups excluding carboxylic acids is 2. The molecule has 0 saturated carbocycles. The fourth-order valence-corrected chi connectivity index (χ4v) is 2.67. The number of nitrogens with one attached hydrogen (secondary N) is 1. The first-order chi connectivity index (χ1) is 11.5. The van der Waals surface area contributed by atoms with Gasteiger partial charge < -0.3 is 14.8 Å². The Hall–Kier alpha value is -2.05. The summed E-state index contributed by atoms with van der Waals surface area (Å²) in [5.74, 6) is -0.275. The van der Waals surface area contributed by atoms with Gasteiger partial charge in [-0.3, -0.25) is 4.79 Å². The van der Waals surface area contributed by atoms with Gasteiger partial charge in [-0.2, -0.15) is 0 Å². The molecule has 2 aromatic carbocycles. The number of ether oxygens (including phenoxy) is 2. The van der Waals surface area contributed by atoms with Gasteiger partial charge in [-0.15, -0.1) is 0 Å². The van der Waals surface area contributed by atoms with Gasteiger partial charge in [0.25, 0.3) is 5.91 Å². The average Bonchev–Trinajstić information content (AvgIpc) is 2.54. The van der Waals surface area contributed by atoms with E-state index < -0.39 is 5.97 Å². The lowest BCUT2D eigenvalue weighted by Gasteiger charge is -2.10. The minimum atomic E-state index is -0.435. The summed E-state index contributed by atoms with van der Waals surface area (Å²) in [4.78, 5) is 23.7. The van der Waals surface area contributed by atoms with Crippen LogP contribution < -0.4 is 10.1 Å². The molecule has 126 valence electrons. The van der Waals surface area contributed by atoms with Crippen molar-refractivity contribution in [2.75, 3.05) is 18.5 Å². The van der Waals surface area contributed by atoms with Gasteiger partial charge in [-0.25, -0.2) is 4.79 Å². The van der Waals surface area contributed by atoms with Crippen LogP contribution in [-0.2, 0) is 9.53 Å². The molecule has 0 aliphatic heterocycles. The number of carbonyl (C=O) groups is 2. The Balaban J connectivity index is 1.95. The molecule has 0 atom stereocenters. The Morgan fingerprint density at radius 3 is 2.71 bits per heavy atom. The van der Waals surface area contributed by atoms with Crippen molar-refractivity contribution in [3.63, 3.8) is 0 Å². The molecule has 1 amide bonds. The van der Waals surface area contributed by atoms with Gasteiger partial charge in [-0.05, 0) is 59.3 Å². The number of hydrogen-bond acceptors (Lipinski definition) is 4. The molecule has 2 rings (SSSR count). The SMILES string of the molecule is CCOC(=O)c1cccc(NC(=O)COc2ccc(Cl)cc2Br)c1. The first kappa shape index (κ1) is 18.3. The van der Waals surface area contributed by atoms with E-state index in [4.69, 9.17) is 21.1 Å². The zero-order valence-electron chi connectivity index (χ0n) is 12.8. The third kappa shape index (κ3) is 5.25. The lowest BCUT2D eigenvalue weighted by Crippen LogP contribution is -2.20. The monoisotopic (exact) mass is 411 g/mol. The molecule has 0 aromatic heterocycles. The summed E-state index contributed by atoms with van der Waals surface area (Å²) in [6.07, 6.45) is 0.